The van der Waals surface area contributed by atoms with Gasteiger partial charge in [-0.3, -0.25) is 4.79 Å². The van der Waals surface area contributed by atoms with Gasteiger partial charge < -0.3 is 5.32 Å². The summed E-state index contributed by atoms with van der Waals surface area (Å²) in [5, 5.41) is 2.67. The lowest BCUT2D eigenvalue weighted by Gasteiger charge is -2.12. The Hall–Kier alpha value is -0.900. The zero-order valence-corrected chi connectivity index (χ0v) is 10.5. The molecule has 1 amide bonds. The van der Waals surface area contributed by atoms with Gasteiger partial charge in [0, 0.05) is 10.5 Å². The largest absolute Gasteiger partial charge is 0.350 e. The summed E-state index contributed by atoms with van der Waals surface area (Å²) < 4.78 is 14.2. The van der Waals surface area contributed by atoms with Gasteiger partial charge in [0.1, 0.15) is 5.82 Å². The van der Waals surface area contributed by atoms with Crippen molar-refractivity contribution in [2.75, 3.05) is 0 Å². The number of benzene rings is 1. The van der Waals surface area contributed by atoms with Gasteiger partial charge in [0.15, 0.2) is 0 Å². The molecule has 0 saturated heterocycles. The van der Waals surface area contributed by atoms with E-state index in [0.717, 1.165) is 4.47 Å². The standard InChI is InChI=1S/C11H13BrFNO/c1-6(2)14-11(15)10-7(3)8(12)4-5-9(10)13/h4-6H,1-3H3,(H,14,15). The van der Waals surface area contributed by atoms with Crippen molar-refractivity contribution < 1.29 is 9.18 Å². The average Bonchev–Trinajstić information content (AvgIpc) is 2.11. The van der Waals surface area contributed by atoms with Crippen molar-refractivity contribution in [1.29, 1.82) is 0 Å². The molecule has 1 aromatic carbocycles. The van der Waals surface area contributed by atoms with Gasteiger partial charge >= 0.3 is 0 Å². The highest BCUT2D eigenvalue weighted by Crippen LogP contribution is 2.22. The summed E-state index contributed by atoms with van der Waals surface area (Å²) >= 11 is 3.27. The molecule has 0 bridgehead atoms. The average molecular weight is 274 g/mol. The van der Waals surface area contributed by atoms with E-state index in [2.05, 4.69) is 21.2 Å². The maximum Gasteiger partial charge on any atom is 0.254 e. The van der Waals surface area contributed by atoms with Crippen LogP contribution in [0, 0.1) is 12.7 Å². The molecule has 1 N–H and O–H groups in total. The molecule has 0 radical (unpaired) electrons. The van der Waals surface area contributed by atoms with Crippen molar-refractivity contribution in [3.63, 3.8) is 0 Å². The Morgan fingerprint density at radius 1 is 1.47 bits per heavy atom. The molecular weight excluding hydrogens is 261 g/mol. The quantitative estimate of drug-likeness (QED) is 0.882. The second-order valence-corrected chi connectivity index (χ2v) is 4.51. The Balaban J connectivity index is 3.13. The normalized spacial score (nSPS) is 10.5. The van der Waals surface area contributed by atoms with Crippen LogP contribution >= 0.6 is 15.9 Å². The highest BCUT2D eigenvalue weighted by Gasteiger charge is 2.16. The molecule has 1 aromatic rings. The fraction of sp³-hybridized carbons (Fsp3) is 0.364. The number of hydrogen-bond acceptors (Lipinski definition) is 1. The minimum atomic E-state index is -0.492. The molecule has 1 rings (SSSR count). The maximum absolute atomic E-state index is 13.4. The van der Waals surface area contributed by atoms with Crippen LogP contribution in [-0.2, 0) is 0 Å². The minimum absolute atomic E-state index is 0.00437. The van der Waals surface area contributed by atoms with Gasteiger partial charge in [-0.2, -0.15) is 0 Å². The first kappa shape index (κ1) is 12.2. The van der Waals surface area contributed by atoms with E-state index in [4.69, 9.17) is 0 Å². The van der Waals surface area contributed by atoms with Crippen LogP contribution in [0.1, 0.15) is 29.8 Å². The second kappa shape index (κ2) is 4.75. The molecule has 0 heterocycles. The van der Waals surface area contributed by atoms with Crippen LogP contribution < -0.4 is 5.32 Å². The predicted octanol–water partition coefficient (Wildman–Crippen LogP) is 3.03. The molecule has 0 fully saturated rings. The van der Waals surface area contributed by atoms with Gasteiger partial charge in [0.05, 0.1) is 5.56 Å². The van der Waals surface area contributed by atoms with E-state index in [1.165, 1.54) is 6.07 Å². The molecule has 4 heteroatoms. The van der Waals surface area contributed by atoms with E-state index in [9.17, 15) is 9.18 Å². The second-order valence-electron chi connectivity index (χ2n) is 3.66. The summed E-state index contributed by atoms with van der Waals surface area (Å²) in [6, 6.07) is 2.87. The molecule has 0 atom stereocenters. The van der Waals surface area contributed by atoms with Crippen molar-refractivity contribution in [3.05, 3.63) is 33.5 Å². The molecule has 0 aliphatic carbocycles. The van der Waals surface area contributed by atoms with Crippen molar-refractivity contribution in [2.24, 2.45) is 0 Å². The summed E-state index contributed by atoms with van der Waals surface area (Å²) in [5.74, 6) is -0.866. The van der Waals surface area contributed by atoms with Gasteiger partial charge in [0.25, 0.3) is 5.91 Å². The van der Waals surface area contributed by atoms with Crippen LogP contribution in [0.25, 0.3) is 0 Å². The van der Waals surface area contributed by atoms with Crippen molar-refractivity contribution in [3.8, 4) is 0 Å². The van der Waals surface area contributed by atoms with Crippen molar-refractivity contribution >= 4 is 21.8 Å². The third-order valence-corrected chi connectivity index (χ3v) is 2.85. The lowest BCUT2D eigenvalue weighted by molar-refractivity contribution is 0.0938. The fourth-order valence-electron chi connectivity index (χ4n) is 1.27. The smallest absolute Gasteiger partial charge is 0.254 e. The molecule has 0 saturated carbocycles. The maximum atomic E-state index is 13.4. The Morgan fingerprint density at radius 3 is 2.60 bits per heavy atom. The van der Waals surface area contributed by atoms with E-state index in [1.54, 1.807) is 13.0 Å². The molecule has 2 nitrogen and oxygen atoms in total. The summed E-state index contributed by atoms with van der Waals surface area (Å²) in [6.45, 7) is 5.38. The lowest BCUT2D eigenvalue weighted by atomic mass is 10.1. The molecule has 15 heavy (non-hydrogen) atoms. The molecule has 0 spiro atoms. The summed E-state index contributed by atoms with van der Waals surface area (Å²) in [6.07, 6.45) is 0. The van der Waals surface area contributed by atoms with Crippen LogP contribution in [0.5, 0.6) is 0 Å². The first-order valence-corrected chi connectivity index (χ1v) is 5.48. The van der Waals surface area contributed by atoms with Crippen molar-refractivity contribution in [2.45, 2.75) is 26.8 Å². The van der Waals surface area contributed by atoms with E-state index < -0.39 is 5.82 Å². The first-order chi connectivity index (χ1) is 6.93. The van der Waals surface area contributed by atoms with Crippen LogP contribution in [-0.4, -0.2) is 11.9 Å². The number of halogens is 2. The molecule has 0 aliphatic heterocycles. The molecular formula is C11H13BrFNO. The summed E-state index contributed by atoms with van der Waals surface area (Å²) in [4.78, 5) is 11.7. The molecule has 82 valence electrons. The lowest BCUT2D eigenvalue weighted by Crippen LogP contribution is -2.31. The van der Waals surface area contributed by atoms with Crippen LogP contribution in [0.3, 0.4) is 0 Å². The summed E-state index contributed by atoms with van der Waals surface area (Å²) in [7, 11) is 0. The number of rotatable bonds is 2. The first-order valence-electron chi connectivity index (χ1n) is 4.69. The predicted molar refractivity (Wildman–Crippen MR) is 61.4 cm³/mol. The molecule has 0 aromatic heterocycles. The Kier molecular flexibility index (Phi) is 3.85. The summed E-state index contributed by atoms with van der Waals surface area (Å²) in [5.41, 5.74) is 0.728. The highest BCUT2D eigenvalue weighted by atomic mass is 79.9. The number of amides is 1. The van der Waals surface area contributed by atoms with Crippen LogP contribution in [0.4, 0.5) is 4.39 Å². The third kappa shape index (κ3) is 2.78. The van der Waals surface area contributed by atoms with Crippen molar-refractivity contribution in [1.82, 2.24) is 5.32 Å². The number of carbonyl (C=O) groups is 1. The van der Waals surface area contributed by atoms with Gasteiger partial charge in [-0.25, -0.2) is 4.39 Å². The topological polar surface area (TPSA) is 29.1 Å². The van der Waals surface area contributed by atoms with Gasteiger partial charge in [-0.05, 0) is 38.5 Å². The van der Waals surface area contributed by atoms with Crippen LogP contribution in [0.15, 0.2) is 16.6 Å². The number of hydrogen-bond donors (Lipinski definition) is 1. The molecule has 0 aliphatic rings. The number of carbonyl (C=O) groups excluding carboxylic acids is 1. The zero-order chi connectivity index (χ0) is 11.6. The number of nitrogens with one attached hydrogen (secondary N) is 1. The Labute approximate surface area is 97.0 Å². The SMILES string of the molecule is Cc1c(Br)ccc(F)c1C(=O)NC(C)C. The highest BCUT2D eigenvalue weighted by molar-refractivity contribution is 9.10. The third-order valence-electron chi connectivity index (χ3n) is 1.99. The minimum Gasteiger partial charge on any atom is -0.350 e. The van der Waals surface area contributed by atoms with E-state index in [-0.39, 0.29) is 17.5 Å². The van der Waals surface area contributed by atoms with E-state index in [1.807, 2.05) is 13.8 Å². The van der Waals surface area contributed by atoms with Crippen LogP contribution in [0.2, 0.25) is 0 Å². The molecule has 0 unspecified atom stereocenters. The Bertz CT molecular complexity index is 390. The monoisotopic (exact) mass is 273 g/mol. The van der Waals surface area contributed by atoms with Gasteiger partial charge in [-0.1, -0.05) is 15.9 Å². The Morgan fingerprint density at radius 2 is 2.07 bits per heavy atom. The van der Waals surface area contributed by atoms with E-state index >= 15 is 0 Å². The zero-order valence-electron chi connectivity index (χ0n) is 8.90. The van der Waals surface area contributed by atoms with Gasteiger partial charge in [0.2, 0.25) is 0 Å². The van der Waals surface area contributed by atoms with E-state index in [0.29, 0.717) is 5.56 Å². The van der Waals surface area contributed by atoms with Gasteiger partial charge in [-0.15, -0.1) is 0 Å². The fourth-order valence-corrected chi connectivity index (χ4v) is 1.60.